The molecule has 24 heavy (non-hydrogen) atoms. The van der Waals surface area contributed by atoms with E-state index in [1.54, 1.807) is 11.3 Å². The Bertz CT molecular complexity index is 649. The first-order valence-electron chi connectivity index (χ1n) is 8.60. The van der Waals surface area contributed by atoms with Crippen LogP contribution in [0.1, 0.15) is 40.9 Å². The van der Waals surface area contributed by atoms with Crippen LogP contribution in [0.25, 0.3) is 0 Å². The minimum absolute atomic E-state index is 0.410. The molecule has 0 aliphatic carbocycles. The van der Waals surface area contributed by atoms with E-state index in [0.29, 0.717) is 5.92 Å². The molecule has 0 radical (unpaired) electrons. The Balaban J connectivity index is 1.87. The third-order valence-electron chi connectivity index (χ3n) is 3.88. The SMILES string of the molecule is CCNC(=NCC(C)c1ccccc1)NCCc1sc(C)nc1C. The molecule has 1 aromatic heterocycles. The van der Waals surface area contributed by atoms with E-state index in [2.05, 4.69) is 67.6 Å². The largest absolute Gasteiger partial charge is 0.357 e. The summed E-state index contributed by atoms with van der Waals surface area (Å²) < 4.78 is 0. The van der Waals surface area contributed by atoms with Crippen molar-refractivity contribution in [2.45, 2.75) is 40.0 Å². The molecule has 0 fully saturated rings. The summed E-state index contributed by atoms with van der Waals surface area (Å²) in [5.41, 5.74) is 2.48. The fourth-order valence-electron chi connectivity index (χ4n) is 2.56. The number of aliphatic imine (C=N–C) groups is 1. The predicted octanol–water partition coefficient (Wildman–Crippen LogP) is 3.66. The van der Waals surface area contributed by atoms with E-state index in [-0.39, 0.29) is 0 Å². The van der Waals surface area contributed by atoms with Crippen LogP contribution in [-0.4, -0.2) is 30.6 Å². The Morgan fingerprint density at radius 1 is 1.21 bits per heavy atom. The maximum Gasteiger partial charge on any atom is 0.191 e. The molecule has 130 valence electrons. The van der Waals surface area contributed by atoms with Crippen LogP contribution in [0.4, 0.5) is 0 Å². The van der Waals surface area contributed by atoms with Crippen molar-refractivity contribution in [1.29, 1.82) is 0 Å². The van der Waals surface area contributed by atoms with Crippen LogP contribution in [0, 0.1) is 13.8 Å². The quantitative estimate of drug-likeness (QED) is 0.595. The fraction of sp³-hybridized carbons (Fsp3) is 0.474. The summed E-state index contributed by atoms with van der Waals surface area (Å²) in [5.74, 6) is 1.30. The molecule has 0 aliphatic rings. The average Bonchev–Trinajstić information content (AvgIpc) is 2.90. The van der Waals surface area contributed by atoms with E-state index in [1.807, 2.05) is 6.07 Å². The van der Waals surface area contributed by atoms with Crippen molar-refractivity contribution in [2.24, 2.45) is 4.99 Å². The standard InChI is InChI=1S/C19H28N4S/c1-5-20-19(21-12-11-18-15(3)23-16(4)24-18)22-13-14(2)17-9-7-6-8-10-17/h6-10,14H,5,11-13H2,1-4H3,(H2,20,21,22). The van der Waals surface area contributed by atoms with Crippen molar-refractivity contribution in [3.8, 4) is 0 Å². The average molecular weight is 345 g/mol. The van der Waals surface area contributed by atoms with Crippen LogP contribution in [0.15, 0.2) is 35.3 Å². The first-order valence-corrected chi connectivity index (χ1v) is 9.41. The number of aryl methyl sites for hydroxylation is 2. The zero-order valence-electron chi connectivity index (χ0n) is 15.1. The van der Waals surface area contributed by atoms with Gasteiger partial charge < -0.3 is 10.6 Å². The second-order valence-electron chi connectivity index (χ2n) is 5.95. The molecule has 0 spiro atoms. The van der Waals surface area contributed by atoms with Crippen LogP contribution >= 0.6 is 11.3 Å². The number of rotatable bonds is 7. The van der Waals surface area contributed by atoms with E-state index < -0.39 is 0 Å². The molecule has 2 rings (SSSR count). The molecule has 1 atom stereocenters. The predicted molar refractivity (Wildman–Crippen MR) is 104 cm³/mol. The third kappa shape index (κ3) is 5.64. The van der Waals surface area contributed by atoms with Crippen LogP contribution < -0.4 is 10.6 Å². The van der Waals surface area contributed by atoms with Gasteiger partial charge in [-0.1, -0.05) is 37.3 Å². The maximum absolute atomic E-state index is 4.73. The normalized spacial score (nSPS) is 12.9. The lowest BCUT2D eigenvalue weighted by atomic mass is 10.0. The van der Waals surface area contributed by atoms with Gasteiger partial charge in [0.2, 0.25) is 0 Å². The van der Waals surface area contributed by atoms with Gasteiger partial charge >= 0.3 is 0 Å². The second-order valence-corrected chi connectivity index (χ2v) is 7.24. The highest BCUT2D eigenvalue weighted by atomic mass is 32.1. The van der Waals surface area contributed by atoms with Gasteiger partial charge in [-0.2, -0.15) is 0 Å². The molecule has 0 saturated heterocycles. The first kappa shape index (κ1) is 18.5. The monoisotopic (exact) mass is 344 g/mol. The van der Waals surface area contributed by atoms with E-state index in [1.165, 1.54) is 10.4 Å². The molecule has 2 N–H and O–H groups in total. The summed E-state index contributed by atoms with van der Waals surface area (Å²) in [7, 11) is 0. The van der Waals surface area contributed by atoms with E-state index in [0.717, 1.165) is 42.7 Å². The highest BCUT2D eigenvalue weighted by Crippen LogP contribution is 2.17. The maximum atomic E-state index is 4.73. The minimum Gasteiger partial charge on any atom is -0.357 e. The number of nitrogens with one attached hydrogen (secondary N) is 2. The van der Waals surface area contributed by atoms with Crippen molar-refractivity contribution < 1.29 is 0 Å². The summed E-state index contributed by atoms with van der Waals surface area (Å²) >= 11 is 1.78. The number of aromatic nitrogens is 1. The van der Waals surface area contributed by atoms with Crippen LogP contribution in [0.5, 0.6) is 0 Å². The van der Waals surface area contributed by atoms with Gasteiger partial charge in [-0.05, 0) is 26.3 Å². The molecular weight excluding hydrogens is 316 g/mol. The molecular formula is C19H28N4S. The van der Waals surface area contributed by atoms with Crippen LogP contribution in [0.3, 0.4) is 0 Å². The number of thiazole rings is 1. The number of hydrogen-bond donors (Lipinski definition) is 2. The molecule has 1 heterocycles. The Morgan fingerprint density at radius 3 is 2.58 bits per heavy atom. The van der Waals surface area contributed by atoms with Gasteiger partial charge in [-0.3, -0.25) is 4.99 Å². The molecule has 0 bridgehead atoms. The molecule has 4 nitrogen and oxygen atoms in total. The van der Waals surface area contributed by atoms with Gasteiger partial charge in [0.1, 0.15) is 0 Å². The van der Waals surface area contributed by atoms with Gasteiger partial charge in [-0.25, -0.2) is 4.98 Å². The van der Waals surface area contributed by atoms with Crippen molar-refractivity contribution in [2.75, 3.05) is 19.6 Å². The minimum atomic E-state index is 0.410. The number of benzene rings is 1. The molecule has 1 aromatic carbocycles. The van der Waals surface area contributed by atoms with Gasteiger partial charge in [0.25, 0.3) is 0 Å². The Hall–Kier alpha value is -1.88. The summed E-state index contributed by atoms with van der Waals surface area (Å²) in [6.45, 7) is 11.0. The van der Waals surface area contributed by atoms with Gasteiger partial charge in [0, 0.05) is 36.9 Å². The van der Waals surface area contributed by atoms with Crippen LogP contribution in [0.2, 0.25) is 0 Å². The smallest absolute Gasteiger partial charge is 0.191 e. The molecule has 5 heteroatoms. The number of nitrogens with zero attached hydrogens (tertiary/aromatic N) is 2. The van der Waals surface area contributed by atoms with Crippen molar-refractivity contribution >= 4 is 17.3 Å². The van der Waals surface area contributed by atoms with Crippen molar-refractivity contribution in [3.63, 3.8) is 0 Å². The van der Waals surface area contributed by atoms with Crippen molar-refractivity contribution in [3.05, 3.63) is 51.5 Å². The lowest BCUT2D eigenvalue weighted by molar-refractivity contribution is 0.746. The molecule has 0 aliphatic heterocycles. The highest BCUT2D eigenvalue weighted by Gasteiger charge is 2.07. The lowest BCUT2D eigenvalue weighted by Gasteiger charge is -2.13. The number of guanidine groups is 1. The van der Waals surface area contributed by atoms with Gasteiger partial charge in [-0.15, -0.1) is 11.3 Å². The van der Waals surface area contributed by atoms with Gasteiger partial charge in [0.05, 0.1) is 10.7 Å². The van der Waals surface area contributed by atoms with Crippen molar-refractivity contribution in [1.82, 2.24) is 15.6 Å². The summed E-state index contributed by atoms with van der Waals surface area (Å²) in [5, 5.41) is 7.89. The highest BCUT2D eigenvalue weighted by molar-refractivity contribution is 7.11. The second kappa shape index (κ2) is 9.42. The van der Waals surface area contributed by atoms with Crippen LogP contribution in [-0.2, 0) is 6.42 Å². The first-order chi connectivity index (χ1) is 11.6. The summed E-state index contributed by atoms with van der Waals surface area (Å²) in [4.78, 5) is 10.6. The Labute approximate surface area is 149 Å². The topological polar surface area (TPSA) is 49.3 Å². The lowest BCUT2D eigenvalue weighted by Crippen LogP contribution is -2.38. The molecule has 2 aromatic rings. The summed E-state index contributed by atoms with van der Waals surface area (Å²) in [6.07, 6.45) is 0.982. The Kier molecular flexibility index (Phi) is 7.25. The Morgan fingerprint density at radius 2 is 1.96 bits per heavy atom. The molecule has 0 amide bonds. The zero-order chi connectivity index (χ0) is 17.4. The zero-order valence-corrected chi connectivity index (χ0v) is 15.9. The van der Waals surface area contributed by atoms with E-state index >= 15 is 0 Å². The fourth-order valence-corrected chi connectivity index (χ4v) is 3.49. The van der Waals surface area contributed by atoms with E-state index in [9.17, 15) is 0 Å². The number of hydrogen-bond acceptors (Lipinski definition) is 3. The summed E-state index contributed by atoms with van der Waals surface area (Å²) in [6, 6.07) is 10.5. The molecule has 1 unspecified atom stereocenters. The third-order valence-corrected chi connectivity index (χ3v) is 5.01. The van der Waals surface area contributed by atoms with Gasteiger partial charge in [0.15, 0.2) is 5.96 Å². The van der Waals surface area contributed by atoms with E-state index in [4.69, 9.17) is 4.99 Å². The molecule has 0 saturated carbocycles.